The number of benzene rings is 1. The van der Waals surface area contributed by atoms with Crippen LogP contribution in [-0.4, -0.2) is 51.1 Å². The average molecular weight is 470 g/mol. The largest absolute Gasteiger partial charge is 0.396 e. The quantitative estimate of drug-likeness (QED) is 0.400. The van der Waals surface area contributed by atoms with Crippen molar-refractivity contribution >= 4 is 60.5 Å². The lowest BCUT2D eigenvalue weighted by Gasteiger charge is -2.26. The van der Waals surface area contributed by atoms with Crippen LogP contribution in [0, 0.1) is 5.92 Å². The van der Waals surface area contributed by atoms with E-state index in [2.05, 4.69) is 20.3 Å². The molecule has 10 heteroatoms. The molecular formula is C22H23N5O3S2. The van der Waals surface area contributed by atoms with E-state index in [1.54, 1.807) is 22.6 Å². The monoisotopic (exact) mass is 469 g/mol. The summed E-state index contributed by atoms with van der Waals surface area (Å²) in [6.45, 7) is 0.664. The smallest absolute Gasteiger partial charge is 0.305 e. The van der Waals surface area contributed by atoms with Crippen molar-refractivity contribution in [2.75, 3.05) is 25.5 Å². The van der Waals surface area contributed by atoms with E-state index in [9.17, 15) is 9.59 Å². The minimum absolute atomic E-state index is 0.0394. The molecule has 0 unspecified atom stereocenters. The number of aliphatic hydroxyl groups is 1. The van der Waals surface area contributed by atoms with Crippen LogP contribution in [0.5, 0.6) is 0 Å². The molecule has 5 rings (SSSR count). The first kappa shape index (κ1) is 21.0. The Morgan fingerprint density at radius 1 is 1.34 bits per heavy atom. The molecule has 1 amide bonds. The highest BCUT2D eigenvalue weighted by molar-refractivity contribution is 7.19. The van der Waals surface area contributed by atoms with Crippen LogP contribution in [0.2, 0.25) is 0 Å². The number of fused-ring (bicyclic) bond motifs is 4. The number of aliphatic hydroxyl groups excluding tert-OH is 1. The summed E-state index contributed by atoms with van der Waals surface area (Å²) in [7, 11) is 1.81. The zero-order valence-electron chi connectivity index (χ0n) is 17.6. The maximum absolute atomic E-state index is 12.8. The van der Waals surface area contributed by atoms with Gasteiger partial charge in [-0.2, -0.15) is 0 Å². The molecule has 32 heavy (non-hydrogen) atoms. The highest BCUT2D eigenvalue weighted by atomic mass is 32.1. The maximum atomic E-state index is 12.8. The van der Waals surface area contributed by atoms with Gasteiger partial charge >= 0.3 is 4.87 Å². The number of aryl methyl sites for hydroxylation is 1. The fourth-order valence-corrected chi connectivity index (χ4v) is 6.35. The summed E-state index contributed by atoms with van der Waals surface area (Å²) in [6, 6.07) is 5.76. The normalized spacial score (nSPS) is 15.8. The molecule has 8 nitrogen and oxygen atoms in total. The fraction of sp³-hybridized carbons (Fsp3) is 0.364. The van der Waals surface area contributed by atoms with Crippen LogP contribution >= 0.6 is 22.7 Å². The number of hydrogen-bond donors (Lipinski definition) is 3. The Morgan fingerprint density at radius 3 is 3.06 bits per heavy atom. The Bertz CT molecular complexity index is 1360. The first-order valence-electron chi connectivity index (χ1n) is 10.5. The van der Waals surface area contributed by atoms with Crippen molar-refractivity contribution in [2.45, 2.75) is 25.7 Å². The third-order valence-electron chi connectivity index (χ3n) is 5.91. The van der Waals surface area contributed by atoms with Gasteiger partial charge in [0.1, 0.15) is 17.0 Å². The van der Waals surface area contributed by atoms with Gasteiger partial charge in [0.15, 0.2) is 0 Å². The van der Waals surface area contributed by atoms with E-state index in [4.69, 9.17) is 5.11 Å². The van der Waals surface area contributed by atoms with Crippen LogP contribution in [-0.2, 0) is 17.6 Å². The number of rotatable bonds is 6. The molecule has 3 aromatic heterocycles. The van der Waals surface area contributed by atoms with Crippen LogP contribution in [0.1, 0.15) is 23.3 Å². The first-order valence-corrected chi connectivity index (χ1v) is 12.2. The second-order valence-electron chi connectivity index (χ2n) is 8.03. The number of hydrogen-bond acceptors (Lipinski definition) is 8. The maximum Gasteiger partial charge on any atom is 0.305 e. The van der Waals surface area contributed by atoms with Crippen LogP contribution < -0.4 is 10.2 Å². The van der Waals surface area contributed by atoms with Gasteiger partial charge in [-0.25, -0.2) is 9.97 Å². The van der Waals surface area contributed by atoms with E-state index in [0.717, 1.165) is 44.8 Å². The van der Waals surface area contributed by atoms with Crippen molar-refractivity contribution in [2.24, 2.45) is 5.92 Å². The lowest BCUT2D eigenvalue weighted by atomic mass is 9.87. The predicted molar refractivity (Wildman–Crippen MR) is 128 cm³/mol. The Hall–Kier alpha value is -2.82. The molecule has 3 N–H and O–H groups in total. The number of H-pyrrole nitrogens is 1. The van der Waals surface area contributed by atoms with E-state index < -0.39 is 0 Å². The standard InChI is InChI=1S/C22H23N5O3S2/c1-27(7-2-8-28)21(29)12-3-5-14-16(9-12)31-20-18(14)19(23-11-24-20)25-13-4-6-15-17(10-13)32-22(30)26-15/h4,6,10-12,28H,2-3,5,7-9H2,1H3,(H,26,30)(H,23,24,25)/t12-/m1/s1. The van der Waals surface area contributed by atoms with Crippen molar-refractivity contribution < 1.29 is 9.90 Å². The number of amides is 1. The number of thiazole rings is 1. The number of aromatic amines is 1. The van der Waals surface area contributed by atoms with E-state index in [0.29, 0.717) is 19.4 Å². The molecule has 0 spiro atoms. The minimum Gasteiger partial charge on any atom is -0.396 e. The molecular weight excluding hydrogens is 446 g/mol. The molecule has 0 radical (unpaired) electrons. The number of carbonyl (C=O) groups is 1. The molecule has 1 atom stereocenters. The molecule has 0 saturated carbocycles. The molecule has 1 aliphatic carbocycles. The summed E-state index contributed by atoms with van der Waals surface area (Å²) in [4.78, 5) is 40.0. The topological polar surface area (TPSA) is 111 Å². The van der Waals surface area contributed by atoms with Crippen LogP contribution in [0.25, 0.3) is 20.4 Å². The lowest BCUT2D eigenvalue weighted by Crippen LogP contribution is -2.36. The first-order chi connectivity index (χ1) is 15.5. The zero-order chi connectivity index (χ0) is 22.2. The van der Waals surface area contributed by atoms with Crippen molar-refractivity contribution in [3.63, 3.8) is 0 Å². The number of aromatic nitrogens is 3. The van der Waals surface area contributed by atoms with Crippen molar-refractivity contribution in [3.8, 4) is 0 Å². The van der Waals surface area contributed by atoms with Gasteiger partial charge in [0, 0.05) is 36.7 Å². The average Bonchev–Trinajstić information content (AvgIpc) is 3.35. The molecule has 0 aliphatic heterocycles. The van der Waals surface area contributed by atoms with Gasteiger partial charge in [-0.1, -0.05) is 11.3 Å². The molecule has 0 bridgehead atoms. The van der Waals surface area contributed by atoms with Gasteiger partial charge in [0.05, 0.1) is 15.6 Å². The Kier molecular flexibility index (Phi) is 5.66. The summed E-state index contributed by atoms with van der Waals surface area (Å²) < 4.78 is 0.893. The Balaban J connectivity index is 1.43. The van der Waals surface area contributed by atoms with E-state index in [1.165, 1.54) is 21.8 Å². The number of thiophene rings is 1. The highest BCUT2D eigenvalue weighted by Crippen LogP contribution is 2.40. The second kappa shape index (κ2) is 8.61. The minimum atomic E-state index is -0.0698. The van der Waals surface area contributed by atoms with Gasteiger partial charge in [0.2, 0.25) is 5.91 Å². The van der Waals surface area contributed by atoms with Crippen LogP contribution in [0.15, 0.2) is 29.3 Å². The predicted octanol–water partition coefficient (Wildman–Crippen LogP) is 3.28. The number of carbonyl (C=O) groups excluding carboxylic acids is 1. The van der Waals surface area contributed by atoms with Crippen molar-refractivity contribution in [1.29, 1.82) is 0 Å². The molecule has 1 aliphatic rings. The van der Waals surface area contributed by atoms with Gasteiger partial charge in [-0.15, -0.1) is 11.3 Å². The number of anilines is 2. The summed E-state index contributed by atoms with van der Waals surface area (Å²) in [5.74, 6) is 0.853. The van der Waals surface area contributed by atoms with E-state index in [-0.39, 0.29) is 23.3 Å². The summed E-state index contributed by atoms with van der Waals surface area (Å²) in [6.07, 6.45) is 4.46. The van der Waals surface area contributed by atoms with Crippen molar-refractivity contribution in [1.82, 2.24) is 19.9 Å². The van der Waals surface area contributed by atoms with E-state index in [1.807, 2.05) is 25.2 Å². The van der Waals surface area contributed by atoms with Gasteiger partial charge in [0.25, 0.3) is 0 Å². The fourth-order valence-electron chi connectivity index (χ4n) is 4.31. The summed E-state index contributed by atoms with van der Waals surface area (Å²) in [5, 5.41) is 13.5. The van der Waals surface area contributed by atoms with Crippen molar-refractivity contribution in [3.05, 3.63) is 44.6 Å². The third kappa shape index (κ3) is 3.89. The molecule has 4 aromatic rings. The van der Waals surface area contributed by atoms with Gasteiger partial charge in [-0.05, 0) is 49.4 Å². The SMILES string of the molecule is CN(CCCO)C(=O)[C@@H]1CCc2c(sc3ncnc(Nc4ccc5[nH]c(=O)sc5c4)c23)C1. The lowest BCUT2D eigenvalue weighted by molar-refractivity contribution is -0.134. The molecule has 1 aromatic carbocycles. The zero-order valence-corrected chi connectivity index (χ0v) is 19.2. The van der Waals surface area contributed by atoms with Crippen LogP contribution in [0.4, 0.5) is 11.5 Å². The van der Waals surface area contributed by atoms with Gasteiger partial charge < -0.3 is 20.3 Å². The van der Waals surface area contributed by atoms with Crippen LogP contribution in [0.3, 0.4) is 0 Å². The molecule has 0 saturated heterocycles. The number of nitrogens with one attached hydrogen (secondary N) is 2. The molecule has 166 valence electrons. The Morgan fingerprint density at radius 2 is 2.22 bits per heavy atom. The highest BCUT2D eigenvalue weighted by Gasteiger charge is 2.30. The summed E-state index contributed by atoms with van der Waals surface area (Å²) >= 11 is 2.82. The van der Waals surface area contributed by atoms with Gasteiger partial charge in [-0.3, -0.25) is 9.59 Å². The van der Waals surface area contributed by atoms with E-state index >= 15 is 0 Å². The number of nitrogens with zero attached hydrogens (tertiary/aromatic N) is 3. The third-order valence-corrected chi connectivity index (χ3v) is 7.91. The molecule has 3 heterocycles. The molecule has 0 fully saturated rings. The second-order valence-corrected chi connectivity index (χ2v) is 10.1. The Labute approximate surface area is 191 Å². The summed E-state index contributed by atoms with van der Waals surface area (Å²) in [5.41, 5.74) is 2.91.